The van der Waals surface area contributed by atoms with Gasteiger partial charge in [0.25, 0.3) is 5.91 Å². The number of alkyl halides is 3. The van der Waals surface area contributed by atoms with Crippen LogP contribution in [0.2, 0.25) is 0 Å². The normalized spacial score (nSPS) is 11.4. The number of aromatic nitrogens is 1. The molecule has 0 saturated heterocycles. The van der Waals surface area contributed by atoms with E-state index in [1.165, 1.54) is 12.1 Å². The second kappa shape index (κ2) is 11.1. The van der Waals surface area contributed by atoms with Gasteiger partial charge in [0.1, 0.15) is 5.75 Å². The lowest BCUT2D eigenvalue weighted by atomic mass is 10.1. The van der Waals surface area contributed by atoms with Gasteiger partial charge >= 0.3 is 6.18 Å². The van der Waals surface area contributed by atoms with Crippen LogP contribution in [0.15, 0.2) is 66.9 Å². The summed E-state index contributed by atoms with van der Waals surface area (Å²) in [7, 11) is 1.62. The molecule has 0 aliphatic carbocycles. The highest BCUT2D eigenvalue weighted by Gasteiger charge is 2.31. The van der Waals surface area contributed by atoms with Crippen LogP contribution in [0.5, 0.6) is 5.75 Å². The van der Waals surface area contributed by atoms with Gasteiger partial charge in [-0.3, -0.25) is 4.79 Å². The van der Waals surface area contributed by atoms with Crippen molar-refractivity contribution in [3.8, 4) is 5.75 Å². The van der Waals surface area contributed by atoms with Crippen LogP contribution < -0.4 is 4.74 Å². The molecule has 3 aromatic rings. The van der Waals surface area contributed by atoms with Gasteiger partial charge in [-0.05, 0) is 54.4 Å². The zero-order valence-electron chi connectivity index (χ0n) is 18.9. The summed E-state index contributed by atoms with van der Waals surface area (Å²) >= 11 is 0. The molecule has 0 aliphatic rings. The van der Waals surface area contributed by atoms with Crippen molar-refractivity contribution in [3.63, 3.8) is 0 Å². The van der Waals surface area contributed by atoms with E-state index in [0.717, 1.165) is 48.4 Å². The summed E-state index contributed by atoms with van der Waals surface area (Å²) in [6.07, 6.45) is 0.162. The number of unbranched alkanes of at least 4 members (excludes halogenated alkanes) is 2. The van der Waals surface area contributed by atoms with Gasteiger partial charge in [-0.2, -0.15) is 13.2 Å². The van der Waals surface area contributed by atoms with E-state index in [9.17, 15) is 18.0 Å². The van der Waals surface area contributed by atoms with Gasteiger partial charge in [0.2, 0.25) is 0 Å². The van der Waals surface area contributed by atoms with Crippen LogP contribution in [-0.2, 0) is 19.3 Å². The predicted molar refractivity (Wildman–Crippen MR) is 122 cm³/mol. The van der Waals surface area contributed by atoms with E-state index >= 15 is 0 Å². The van der Waals surface area contributed by atoms with Crippen LogP contribution in [0.3, 0.4) is 0 Å². The summed E-state index contributed by atoms with van der Waals surface area (Å²) in [6, 6.07) is 16.2. The molecule has 0 atom stereocenters. The number of rotatable bonds is 10. The molecular weight excluding hydrogens is 429 g/mol. The maximum absolute atomic E-state index is 13.2. The van der Waals surface area contributed by atoms with Crippen LogP contribution in [0.25, 0.3) is 0 Å². The molecule has 0 aliphatic heterocycles. The molecule has 0 spiro atoms. The molecule has 0 saturated carbocycles. The molecule has 3 rings (SSSR count). The van der Waals surface area contributed by atoms with Crippen LogP contribution in [0, 0.1) is 0 Å². The molecule has 0 unspecified atom stereocenters. The van der Waals surface area contributed by atoms with Crippen LogP contribution >= 0.6 is 0 Å². The Bertz CT molecular complexity index is 1060. The zero-order chi connectivity index (χ0) is 23.8. The number of benzene rings is 2. The molecule has 4 nitrogen and oxygen atoms in total. The fourth-order valence-corrected chi connectivity index (χ4v) is 3.73. The Morgan fingerprint density at radius 1 is 1.03 bits per heavy atom. The summed E-state index contributed by atoms with van der Waals surface area (Å²) in [5.41, 5.74) is 1.19. The van der Waals surface area contributed by atoms with Gasteiger partial charge in [0.05, 0.1) is 19.2 Å². The third-order valence-corrected chi connectivity index (χ3v) is 5.52. The van der Waals surface area contributed by atoms with Gasteiger partial charge in [0.15, 0.2) is 0 Å². The Kier molecular flexibility index (Phi) is 8.20. The Morgan fingerprint density at radius 2 is 1.82 bits per heavy atom. The minimum absolute atomic E-state index is 0.0484. The fourth-order valence-electron chi connectivity index (χ4n) is 3.73. The van der Waals surface area contributed by atoms with Crippen LogP contribution in [0.4, 0.5) is 13.2 Å². The number of nitrogens with zero attached hydrogens (tertiary/aromatic N) is 2. The van der Waals surface area contributed by atoms with E-state index in [1.807, 2.05) is 47.2 Å². The second-order valence-electron chi connectivity index (χ2n) is 7.99. The van der Waals surface area contributed by atoms with Crippen molar-refractivity contribution in [1.82, 2.24) is 9.47 Å². The van der Waals surface area contributed by atoms with Gasteiger partial charge in [0, 0.05) is 30.5 Å². The molecule has 1 aromatic heterocycles. The van der Waals surface area contributed by atoms with Gasteiger partial charge in [-0.15, -0.1) is 0 Å². The average molecular weight is 459 g/mol. The van der Waals surface area contributed by atoms with Crippen molar-refractivity contribution in [1.29, 1.82) is 0 Å². The third kappa shape index (κ3) is 6.63. The van der Waals surface area contributed by atoms with E-state index in [-0.39, 0.29) is 5.56 Å². The van der Waals surface area contributed by atoms with Crippen LogP contribution in [0.1, 0.15) is 53.4 Å². The molecule has 0 fully saturated rings. The molecule has 33 heavy (non-hydrogen) atoms. The molecule has 176 valence electrons. The Balaban J connectivity index is 1.82. The first-order chi connectivity index (χ1) is 15.8. The minimum atomic E-state index is -4.49. The minimum Gasteiger partial charge on any atom is -0.497 e. The standard InChI is InChI=1S/C26H29F3N2O2/c1-3-4-5-14-31(25(32)21-10-7-11-22(17-21)26(27,28)29)19-23-12-8-15-30(23)18-20-9-6-13-24(16-20)33-2/h6-13,15-17H,3-5,14,18-19H2,1-2H3. The first-order valence-corrected chi connectivity index (χ1v) is 11.0. The number of hydrogen-bond acceptors (Lipinski definition) is 2. The average Bonchev–Trinajstić information content (AvgIpc) is 3.24. The van der Waals surface area contributed by atoms with Crippen LogP contribution in [-0.4, -0.2) is 29.0 Å². The van der Waals surface area contributed by atoms with E-state index in [1.54, 1.807) is 12.0 Å². The van der Waals surface area contributed by atoms with E-state index in [0.29, 0.717) is 19.6 Å². The van der Waals surface area contributed by atoms with E-state index < -0.39 is 17.6 Å². The van der Waals surface area contributed by atoms with Crippen molar-refractivity contribution >= 4 is 5.91 Å². The fraction of sp³-hybridized carbons (Fsp3) is 0.346. The lowest BCUT2D eigenvalue weighted by Gasteiger charge is -2.24. The molecule has 7 heteroatoms. The monoisotopic (exact) mass is 458 g/mol. The summed E-state index contributed by atoms with van der Waals surface area (Å²) in [6.45, 7) is 3.46. The highest BCUT2D eigenvalue weighted by Crippen LogP contribution is 2.30. The largest absolute Gasteiger partial charge is 0.497 e. The molecule has 0 bridgehead atoms. The Hall–Kier alpha value is -3.22. The molecule has 2 aromatic carbocycles. The number of amides is 1. The zero-order valence-corrected chi connectivity index (χ0v) is 18.9. The summed E-state index contributed by atoms with van der Waals surface area (Å²) in [5.74, 6) is 0.369. The lowest BCUT2D eigenvalue weighted by molar-refractivity contribution is -0.137. The number of halogens is 3. The number of methoxy groups -OCH3 is 1. The summed E-state index contributed by atoms with van der Waals surface area (Å²) < 4.78 is 46.8. The van der Waals surface area contributed by atoms with E-state index in [2.05, 4.69) is 6.92 Å². The third-order valence-electron chi connectivity index (χ3n) is 5.52. The second-order valence-corrected chi connectivity index (χ2v) is 7.99. The van der Waals surface area contributed by atoms with Crippen molar-refractivity contribution in [2.45, 2.75) is 45.5 Å². The predicted octanol–water partition coefficient (Wildman–Crippen LogP) is 6.40. The number of carbonyl (C=O) groups is 1. The summed E-state index contributed by atoms with van der Waals surface area (Å²) in [5, 5.41) is 0. The first-order valence-electron chi connectivity index (χ1n) is 11.0. The smallest absolute Gasteiger partial charge is 0.416 e. The van der Waals surface area contributed by atoms with Crippen molar-refractivity contribution < 1.29 is 22.7 Å². The van der Waals surface area contributed by atoms with Gasteiger partial charge in [-0.1, -0.05) is 38.0 Å². The molecule has 0 N–H and O–H groups in total. The molecule has 0 radical (unpaired) electrons. The number of carbonyl (C=O) groups excluding carboxylic acids is 1. The lowest BCUT2D eigenvalue weighted by Crippen LogP contribution is -2.32. The molecule has 1 amide bonds. The molecular formula is C26H29F3N2O2. The quantitative estimate of drug-likeness (QED) is 0.330. The first kappa shape index (κ1) is 24.4. The van der Waals surface area contributed by atoms with Gasteiger partial charge in [-0.25, -0.2) is 0 Å². The summed E-state index contributed by atoms with van der Waals surface area (Å²) in [4.78, 5) is 14.9. The molecule has 1 heterocycles. The number of hydrogen-bond donors (Lipinski definition) is 0. The number of ether oxygens (including phenoxy) is 1. The topological polar surface area (TPSA) is 34.5 Å². The Labute approximate surface area is 192 Å². The highest BCUT2D eigenvalue weighted by molar-refractivity contribution is 5.94. The van der Waals surface area contributed by atoms with Crippen molar-refractivity contribution in [2.24, 2.45) is 0 Å². The van der Waals surface area contributed by atoms with Crippen molar-refractivity contribution in [3.05, 3.63) is 89.2 Å². The maximum Gasteiger partial charge on any atom is 0.416 e. The van der Waals surface area contributed by atoms with E-state index in [4.69, 9.17) is 4.74 Å². The van der Waals surface area contributed by atoms with Crippen molar-refractivity contribution in [2.75, 3.05) is 13.7 Å². The SMILES string of the molecule is CCCCCN(Cc1cccn1Cc1cccc(OC)c1)C(=O)c1cccc(C(F)(F)F)c1. The maximum atomic E-state index is 13.2. The Morgan fingerprint density at radius 3 is 2.55 bits per heavy atom. The highest BCUT2D eigenvalue weighted by atomic mass is 19.4. The van der Waals surface area contributed by atoms with Gasteiger partial charge < -0.3 is 14.2 Å².